The molecule has 74 valence electrons. The van der Waals surface area contributed by atoms with E-state index in [2.05, 4.69) is 21.4 Å². The van der Waals surface area contributed by atoms with Crippen LogP contribution in [0.5, 0.6) is 0 Å². The molecular formula is C12H11N3. The van der Waals surface area contributed by atoms with Crippen molar-refractivity contribution in [2.75, 3.05) is 6.54 Å². The number of rotatable bonds is 1. The van der Waals surface area contributed by atoms with E-state index in [1.807, 2.05) is 36.5 Å². The molecule has 2 N–H and O–H groups in total. The molecule has 0 spiro atoms. The van der Waals surface area contributed by atoms with Crippen molar-refractivity contribution in [3.8, 4) is 0 Å². The van der Waals surface area contributed by atoms with Gasteiger partial charge in [-0.25, -0.2) is 4.98 Å². The van der Waals surface area contributed by atoms with Crippen molar-refractivity contribution in [1.29, 1.82) is 0 Å². The molecule has 1 aromatic carbocycles. The molecule has 1 aromatic heterocycles. The standard InChI is InChI=1S/C12H11N3/c1-2-4-11-10(3-1)14-12(15-11)9-5-7-13-8-6-9/h1-7,13H,8H2,(H,14,15). The quantitative estimate of drug-likeness (QED) is 0.734. The van der Waals surface area contributed by atoms with E-state index in [1.54, 1.807) is 0 Å². The van der Waals surface area contributed by atoms with Gasteiger partial charge < -0.3 is 10.3 Å². The number of fused-ring (bicyclic) bond motifs is 1. The van der Waals surface area contributed by atoms with Crippen LogP contribution in [0, 0.1) is 0 Å². The number of H-pyrrole nitrogens is 1. The van der Waals surface area contributed by atoms with Crippen molar-refractivity contribution in [3.63, 3.8) is 0 Å². The van der Waals surface area contributed by atoms with Gasteiger partial charge in [-0.1, -0.05) is 18.2 Å². The molecule has 1 aliphatic rings. The lowest BCUT2D eigenvalue weighted by Crippen LogP contribution is -2.08. The largest absolute Gasteiger partial charge is 0.387 e. The van der Waals surface area contributed by atoms with Crippen LogP contribution >= 0.6 is 0 Å². The summed E-state index contributed by atoms with van der Waals surface area (Å²) in [6.45, 7) is 0.864. The first-order chi connectivity index (χ1) is 7.43. The van der Waals surface area contributed by atoms with Gasteiger partial charge in [0.15, 0.2) is 0 Å². The number of aromatic nitrogens is 2. The van der Waals surface area contributed by atoms with Crippen molar-refractivity contribution in [3.05, 3.63) is 48.4 Å². The van der Waals surface area contributed by atoms with E-state index in [-0.39, 0.29) is 0 Å². The lowest BCUT2D eigenvalue weighted by molar-refractivity contribution is 0.972. The van der Waals surface area contributed by atoms with Gasteiger partial charge in [0.05, 0.1) is 11.0 Å². The number of benzene rings is 1. The van der Waals surface area contributed by atoms with Crippen molar-refractivity contribution in [2.45, 2.75) is 0 Å². The van der Waals surface area contributed by atoms with Crippen molar-refractivity contribution in [1.82, 2.24) is 15.3 Å². The Morgan fingerprint density at radius 3 is 2.93 bits per heavy atom. The summed E-state index contributed by atoms with van der Waals surface area (Å²) in [5.74, 6) is 0.939. The molecule has 0 amide bonds. The lowest BCUT2D eigenvalue weighted by atomic mass is 10.2. The van der Waals surface area contributed by atoms with Crippen molar-refractivity contribution < 1.29 is 0 Å². The Labute approximate surface area is 87.5 Å². The van der Waals surface area contributed by atoms with Crippen LogP contribution in [0.1, 0.15) is 5.82 Å². The Hall–Kier alpha value is -2.03. The van der Waals surface area contributed by atoms with Gasteiger partial charge in [-0.15, -0.1) is 0 Å². The fourth-order valence-corrected chi connectivity index (χ4v) is 1.72. The van der Waals surface area contributed by atoms with Gasteiger partial charge in [0, 0.05) is 12.1 Å². The highest BCUT2D eigenvalue weighted by molar-refractivity contribution is 5.81. The molecule has 0 saturated carbocycles. The Morgan fingerprint density at radius 2 is 2.13 bits per heavy atom. The van der Waals surface area contributed by atoms with E-state index in [0.29, 0.717) is 0 Å². The number of hydrogen-bond donors (Lipinski definition) is 2. The summed E-state index contributed by atoms with van der Waals surface area (Å²) < 4.78 is 0. The number of aromatic amines is 1. The lowest BCUT2D eigenvalue weighted by Gasteiger charge is -2.04. The average molecular weight is 197 g/mol. The molecule has 3 heteroatoms. The van der Waals surface area contributed by atoms with Crippen molar-refractivity contribution >= 4 is 16.6 Å². The van der Waals surface area contributed by atoms with Gasteiger partial charge >= 0.3 is 0 Å². The number of nitrogens with zero attached hydrogens (tertiary/aromatic N) is 1. The number of allylic oxidation sites excluding steroid dienone is 2. The Bertz CT molecular complexity index is 516. The molecule has 0 aliphatic carbocycles. The minimum absolute atomic E-state index is 0.864. The van der Waals surface area contributed by atoms with Gasteiger partial charge in [-0.2, -0.15) is 0 Å². The number of dihydropyridines is 1. The summed E-state index contributed by atoms with van der Waals surface area (Å²) in [4.78, 5) is 7.84. The van der Waals surface area contributed by atoms with Crippen LogP contribution in [-0.4, -0.2) is 16.5 Å². The van der Waals surface area contributed by atoms with Gasteiger partial charge in [0.1, 0.15) is 5.82 Å². The molecular weight excluding hydrogens is 186 g/mol. The Kier molecular flexibility index (Phi) is 1.81. The first kappa shape index (κ1) is 8.29. The highest BCUT2D eigenvalue weighted by Gasteiger charge is 2.06. The van der Waals surface area contributed by atoms with Crippen LogP contribution in [-0.2, 0) is 0 Å². The molecule has 0 fully saturated rings. The minimum Gasteiger partial charge on any atom is -0.387 e. The van der Waals surface area contributed by atoms with Gasteiger partial charge in [0.25, 0.3) is 0 Å². The summed E-state index contributed by atoms with van der Waals surface area (Å²) in [5, 5.41) is 3.12. The second-order valence-electron chi connectivity index (χ2n) is 3.50. The molecule has 0 unspecified atom stereocenters. The molecule has 2 aromatic rings. The third-order valence-corrected chi connectivity index (χ3v) is 2.48. The summed E-state index contributed by atoms with van der Waals surface area (Å²) in [6.07, 6.45) is 6.10. The topological polar surface area (TPSA) is 40.7 Å². The number of para-hydroxylation sites is 2. The fraction of sp³-hybridized carbons (Fsp3) is 0.0833. The van der Waals surface area contributed by atoms with Crippen LogP contribution < -0.4 is 5.32 Å². The Balaban J connectivity index is 2.11. The summed E-state index contributed by atoms with van der Waals surface area (Å²) >= 11 is 0. The second kappa shape index (κ2) is 3.28. The average Bonchev–Trinajstić information content (AvgIpc) is 2.74. The molecule has 1 aliphatic heterocycles. The first-order valence-electron chi connectivity index (χ1n) is 4.99. The van der Waals surface area contributed by atoms with Crippen LogP contribution in [0.3, 0.4) is 0 Å². The monoisotopic (exact) mass is 197 g/mol. The highest BCUT2D eigenvalue weighted by Crippen LogP contribution is 2.18. The van der Waals surface area contributed by atoms with Gasteiger partial charge in [0.2, 0.25) is 0 Å². The van der Waals surface area contributed by atoms with Gasteiger partial charge in [-0.3, -0.25) is 0 Å². The van der Waals surface area contributed by atoms with E-state index < -0.39 is 0 Å². The van der Waals surface area contributed by atoms with Crippen molar-refractivity contribution in [2.24, 2.45) is 0 Å². The second-order valence-corrected chi connectivity index (χ2v) is 3.50. The van der Waals surface area contributed by atoms with E-state index in [0.717, 1.165) is 29.0 Å². The van der Waals surface area contributed by atoms with Gasteiger partial charge in [-0.05, 0) is 24.4 Å². The molecule has 3 rings (SSSR count). The zero-order valence-electron chi connectivity index (χ0n) is 8.20. The van der Waals surface area contributed by atoms with E-state index >= 15 is 0 Å². The predicted octanol–water partition coefficient (Wildman–Crippen LogP) is 2.06. The Morgan fingerprint density at radius 1 is 1.20 bits per heavy atom. The number of hydrogen-bond acceptors (Lipinski definition) is 2. The third-order valence-electron chi connectivity index (χ3n) is 2.48. The summed E-state index contributed by atoms with van der Waals surface area (Å²) in [7, 11) is 0. The van der Waals surface area contributed by atoms with Crippen LogP contribution in [0.25, 0.3) is 16.6 Å². The molecule has 0 bridgehead atoms. The minimum atomic E-state index is 0.864. The fourth-order valence-electron chi connectivity index (χ4n) is 1.72. The molecule has 2 heterocycles. The highest BCUT2D eigenvalue weighted by atomic mass is 14.9. The molecule has 15 heavy (non-hydrogen) atoms. The van der Waals surface area contributed by atoms with Crippen LogP contribution in [0.15, 0.2) is 42.6 Å². The maximum atomic E-state index is 4.53. The zero-order chi connectivity index (χ0) is 10.1. The maximum absolute atomic E-state index is 4.53. The normalized spacial score (nSPS) is 15.1. The molecule has 3 nitrogen and oxygen atoms in total. The smallest absolute Gasteiger partial charge is 0.138 e. The number of nitrogens with one attached hydrogen (secondary N) is 2. The van der Waals surface area contributed by atoms with E-state index in [9.17, 15) is 0 Å². The SMILES string of the molecule is C1=CC(c2nc3ccccc3[nH]2)=CCN1. The van der Waals surface area contributed by atoms with Crippen LogP contribution in [0.4, 0.5) is 0 Å². The van der Waals surface area contributed by atoms with E-state index in [4.69, 9.17) is 0 Å². The molecule has 0 saturated heterocycles. The number of imidazole rings is 1. The predicted molar refractivity (Wildman–Crippen MR) is 61.2 cm³/mol. The third kappa shape index (κ3) is 1.42. The zero-order valence-corrected chi connectivity index (χ0v) is 8.20. The van der Waals surface area contributed by atoms with Crippen LogP contribution in [0.2, 0.25) is 0 Å². The molecule has 0 atom stereocenters. The summed E-state index contributed by atoms with van der Waals surface area (Å²) in [6, 6.07) is 8.06. The molecule has 0 radical (unpaired) electrons. The first-order valence-corrected chi connectivity index (χ1v) is 4.99. The van der Waals surface area contributed by atoms with E-state index in [1.165, 1.54) is 0 Å². The summed E-state index contributed by atoms with van der Waals surface area (Å²) in [5.41, 5.74) is 3.24. The maximum Gasteiger partial charge on any atom is 0.138 e.